The van der Waals surface area contributed by atoms with Crippen LogP contribution in [-0.4, -0.2) is 53.1 Å². The summed E-state index contributed by atoms with van der Waals surface area (Å²) in [7, 11) is 0. The van der Waals surface area contributed by atoms with Crippen LogP contribution in [0.3, 0.4) is 0 Å². The maximum atomic E-state index is 13.0. The van der Waals surface area contributed by atoms with E-state index in [0.29, 0.717) is 23.9 Å². The molecule has 4 rings (SSSR count). The Hall–Kier alpha value is -2.47. The summed E-state index contributed by atoms with van der Waals surface area (Å²) < 4.78 is 5.68. The van der Waals surface area contributed by atoms with E-state index >= 15 is 0 Å². The number of hydrogen-bond donors (Lipinski definition) is 1. The van der Waals surface area contributed by atoms with Crippen molar-refractivity contribution in [1.82, 2.24) is 14.9 Å². The van der Waals surface area contributed by atoms with Crippen LogP contribution < -0.4 is 5.32 Å². The fourth-order valence-corrected chi connectivity index (χ4v) is 3.65. The summed E-state index contributed by atoms with van der Waals surface area (Å²) in [6.07, 6.45) is 5.69. The molecule has 0 spiro atoms. The van der Waals surface area contributed by atoms with Gasteiger partial charge >= 0.3 is 0 Å². The van der Waals surface area contributed by atoms with E-state index in [-0.39, 0.29) is 12.0 Å². The Kier molecular flexibility index (Phi) is 5.63. The van der Waals surface area contributed by atoms with Crippen molar-refractivity contribution < 1.29 is 9.53 Å². The second-order valence-electron chi connectivity index (χ2n) is 7.20. The number of carbonyl (C=O) groups is 1. The summed E-state index contributed by atoms with van der Waals surface area (Å²) in [5.41, 5.74) is 1.37. The smallest absolute Gasteiger partial charge is 0.272 e. The zero-order chi connectivity index (χ0) is 18.5. The molecule has 0 aliphatic carbocycles. The van der Waals surface area contributed by atoms with Gasteiger partial charge in [-0.3, -0.25) is 4.79 Å². The lowest BCUT2D eigenvalue weighted by Crippen LogP contribution is -2.36. The van der Waals surface area contributed by atoms with Gasteiger partial charge in [0.1, 0.15) is 11.5 Å². The van der Waals surface area contributed by atoms with Gasteiger partial charge in [0.25, 0.3) is 5.91 Å². The first-order chi connectivity index (χ1) is 13.3. The molecule has 2 fully saturated rings. The fraction of sp³-hybridized carbons (Fsp3) is 0.476. The van der Waals surface area contributed by atoms with E-state index in [9.17, 15) is 4.79 Å². The zero-order valence-electron chi connectivity index (χ0n) is 15.6. The normalized spacial score (nSPS) is 19.9. The largest absolute Gasteiger partial charge is 0.376 e. The molecule has 3 heterocycles. The number of benzene rings is 1. The molecule has 0 bridgehead atoms. The number of rotatable bonds is 5. The summed E-state index contributed by atoms with van der Waals surface area (Å²) in [4.78, 5) is 24.1. The van der Waals surface area contributed by atoms with E-state index in [1.54, 1.807) is 6.07 Å². The SMILES string of the molecule is O=C(c1cc(NCC2CCCO2)nc(-c2ccccc2)n1)N1CCCCC1. The molecule has 0 saturated carbocycles. The lowest BCUT2D eigenvalue weighted by Gasteiger charge is -2.26. The van der Waals surface area contributed by atoms with E-state index in [0.717, 1.165) is 50.9 Å². The van der Waals surface area contributed by atoms with Crippen LogP contribution in [-0.2, 0) is 4.74 Å². The minimum Gasteiger partial charge on any atom is -0.376 e. The number of aromatic nitrogens is 2. The Morgan fingerprint density at radius 2 is 1.93 bits per heavy atom. The maximum absolute atomic E-state index is 13.0. The summed E-state index contributed by atoms with van der Waals surface area (Å²) in [6, 6.07) is 11.6. The van der Waals surface area contributed by atoms with Crippen molar-refractivity contribution in [3.63, 3.8) is 0 Å². The maximum Gasteiger partial charge on any atom is 0.272 e. The number of nitrogens with zero attached hydrogens (tertiary/aromatic N) is 3. The molecule has 1 N–H and O–H groups in total. The molecule has 1 unspecified atom stereocenters. The Labute approximate surface area is 160 Å². The molecular weight excluding hydrogens is 340 g/mol. The molecule has 27 heavy (non-hydrogen) atoms. The Bertz CT molecular complexity index is 769. The zero-order valence-corrected chi connectivity index (χ0v) is 15.6. The Morgan fingerprint density at radius 1 is 1.11 bits per heavy atom. The lowest BCUT2D eigenvalue weighted by molar-refractivity contribution is 0.0718. The van der Waals surface area contributed by atoms with Crippen LogP contribution >= 0.6 is 0 Å². The molecule has 2 aliphatic rings. The second kappa shape index (κ2) is 8.48. The highest BCUT2D eigenvalue weighted by molar-refractivity contribution is 5.93. The van der Waals surface area contributed by atoms with Crippen molar-refractivity contribution in [2.24, 2.45) is 0 Å². The van der Waals surface area contributed by atoms with E-state index < -0.39 is 0 Å². The van der Waals surface area contributed by atoms with Gasteiger partial charge in [0.2, 0.25) is 0 Å². The van der Waals surface area contributed by atoms with Crippen LogP contribution in [0.4, 0.5) is 5.82 Å². The molecule has 2 aliphatic heterocycles. The standard InChI is InChI=1S/C21H26N4O2/c26-21(25-11-5-2-6-12-25)18-14-19(22-15-17-10-7-13-27-17)24-20(23-18)16-8-3-1-4-9-16/h1,3-4,8-9,14,17H,2,5-7,10-13,15H2,(H,22,23,24). The van der Waals surface area contributed by atoms with Crippen molar-refractivity contribution in [2.45, 2.75) is 38.2 Å². The first-order valence-corrected chi connectivity index (χ1v) is 9.89. The van der Waals surface area contributed by atoms with Gasteiger partial charge in [0.15, 0.2) is 5.82 Å². The summed E-state index contributed by atoms with van der Waals surface area (Å²) in [5, 5.41) is 3.35. The number of ether oxygens (including phenoxy) is 1. The first kappa shape index (κ1) is 17.9. The highest BCUT2D eigenvalue weighted by Gasteiger charge is 2.22. The highest BCUT2D eigenvalue weighted by atomic mass is 16.5. The monoisotopic (exact) mass is 366 g/mol. The molecule has 6 nitrogen and oxygen atoms in total. The van der Waals surface area contributed by atoms with Gasteiger partial charge in [-0.25, -0.2) is 9.97 Å². The van der Waals surface area contributed by atoms with Crippen molar-refractivity contribution >= 4 is 11.7 Å². The van der Waals surface area contributed by atoms with E-state index in [4.69, 9.17) is 4.74 Å². The summed E-state index contributed by atoms with van der Waals surface area (Å²) in [6.45, 7) is 3.14. The van der Waals surface area contributed by atoms with Gasteiger partial charge < -0.3 is 15.0 Å². The minimum absolute atomic E-state index is 0.00514. The van der Waals surface area contributed by atoms with Gasteiger partial charge in [-0.05, 0) is 32.1 Å². The molecule has 0 radical (unpaired) electrons. The van der Waals surface area contributed by atoms with E-state index in [1.165, 1.54) is 6.42 Å². The van der Waals surface area contributed by atoms with Crippen molar-refractivity contribution in [2.75, 3.05) is 31.6 Å². The molecule has 6 heteroatoms. The molecule has 142 valence electrons. The fourth-order valence-electron chi connectivity index (χ4n) is 3.65. The molecule has 1 atom stereocenters. The van der Waals surface area contributed by atoms with Gasteiger partial charge in [0, 0.05) is 37.9 Å². The molecule has 2 aromatic rings. The predicted octanol–water partition coefficient (Wildman–Crippen LogP) is 3.36. The molecule has 1 aromatic carbocycles. The third-order valence-corrected chi connectivity index (χ3v) is 5.16. The van der Waals surface area contributed by atoms with Crippen LogP contribution in [0.2, 0.25) is 0 Å². The number of amides is 1. The number of carbonyl (C=O) groups excluding carboxylic acids is 1. The average molecular weight is 366 g/mol. The van der Waals surface area contributed by atoms with Gasteiger partial charge in [0.05, 0.1) is 6.10 Å². The highest BCUT2D eigenvalue weighted by Crippen LogP contribution is 2.21. The summed E-state index contributed by atoms with van der Waals surface area (Å²) >= 11 is 0. The van der Waals surface area contributed by atoms with E-state index in [2.05, 4.69) is 15.3 Å². The average Bonchev–Trinajstić information content (AvgIpc) is 3.26. The molecular formula is C21H26N4O2. The number of piperidine rings is 1. The molecule has 1 amide bonds. The third-order valence-electron chi connectivity index (χ3n) is 5.16. The Morgan fingerprint density at radius 3 is 2.67 bits per heavy atom. The van der Waals surface area contributed by atoms with Gasteiger partial charge in [-0.2, -0.15) is 0 Å². The van der Waals surface area contributed by atoms with Crippen LogP contribution in [0.25, 0.3) is 11.4 Å². The van der Waals surface area contributed by atoms with Gasteiger partial charge in [-0.15, -0.1) is 0 Å². The minimum atomic E-state index is -0.00514. The quantitative estimate of drug-likeness (QED) is 0.879. The third kappa shape index (κ3) is 4.45. The van der Waals surface area contributed by atoms with Gasteiger partial charge in [-0.1, -0.05) is 30.3 Å². The second-order valence-corrected chi connectivity index (χ2v) is 7.20. The van der Waals surface area contributed by atoms with Crippen LogP contribution in [0.5, 0.6) is 0 Å². The van der Waals surface area contributed by atoms with E-state index in [1.807, 2.05) is 35.2 Å². The Balaban J connectivity index is 1.60. The summed E-state index contributed by atoms with van der Waals surface area (Å²) in [5.74, 6) is 1.25. The number of anilines is 1. The first-order valence-electron chi connectivity index (χ1n) is 9.89. The predicted molar refractivity (Wildman–Crippen MR) is 105 cm³/mol. The number of hydrogen-bond acceptors (Lipinski definition) is 5. The lowest BCUT2D eigenvalue weighted by atomic mass is 10.1. The number of nitrogens with one attached hydrogen (secondary N) is 1. The molecule has 1 aromatic heterocycles. The van der Waals surface area contributed by atoms with Crippen molar-refractivity contribution in [3.8, 4) is 11.4 Å². The topological polar surface area (TPSA) is 67.3 Å². The van der Waals surface area contributed by atoms with Crippen LogP contribution in [0.15, 0.2) is 36.4 Å². The van der Waals surface area contributed by atoms with Crippen molar-refractivity contribution in [1.29, 1.82) is 0 Å². The van der Waals surface area contributed by atoms with Crippen molar-refractivity contribution in [3.05, 3.63) is 42.1 Å². The van der Waals surface area contributed by atoms with Crippen LogP contribution in [0.1, 0.15) is 42.6 Å². The van der Waals surface area contributed by atoms with Crippen LogP contribution in [0, 0.1) is 0 Å². The molecule has 2 saturated heterocycles. The number of likely N-dealkylation sites (tertiary alicyclic amines) is 1.